The highest BCUT2D eigenvalue weighted by Crippen LogP contribution is 2.29. The highest BCUT2D eigenvalue weighted by atomic mass is 19.3. The molecule has 0 saturated heterocycles. The van der Waals surface area contributed by atoms with E-state index >= 15 is 0 Å². The molecule has 0 aromatic carbocycles. The Hall–Kier alpha value is -2.32. The minimum Gasteiger partial charge on any atom is -0.465 e. The lowest BCUT2D eigenvalue weighted by molar-refractivity contribution is -0.387. The number of aromatic amines is 1. The lowest BCUT2D eigenvalue weighted by atomic mass is 10.1. The van der Waals surface area contributed by atoms with Gasteiger partial charge >= 0.3 is 17.2 Å². The molecule has 0 unspecified atom stereocenters. The number of pyridine rings is 1. The summed E-state index contributed by atoms with van der Waals surface area (Å²) in [5.41, 5.74) is -4.65. The SMILES string of the molecule is COC(=O)c1c[nH]c(=O)c([N+](=O)[O-])c1C(F)F. The lowest BCUT2D eigenvalue weighted by Crippen LogP contribution is -2.19. The van der Waals surface area contributed by atoms with Gasteiger partial charge in [-0.05, 0) is 0 Å². The third-order valence-electron chi connectivity index (χ3n) is 1.91. The van der Waals surface area contributed by atoms with Gasteiger partial charge in [-0.3, -0.25) is 14.9 Å². The molecule has 1 rings (SSSR count). The van der Waals surface area contributed by atoms with Crippen LogP contribution in [0.25, 0.3) is 0 Å². The van der Waals surface area contributed by atoms with Crippen molar-refractivity contribution in [3.63, 3.8) is 0 Å². The second-order valence-electron chi connectivity index (χ2n) is 2.84. The van der Waals surface area contributed by atoms with Crippen LogP contribution in [0.5, 0.6) is 0 Å². The molecule has 0 aliphatic heterocycles. The van der Waals surface area contributed by atoms with Crippen molar-refractivity contribution < 1.29 is 23.2 Å². The Morgan fingerprint density at radius 3 is 2.59 bits per heavy atom. The van der Waals surface area contributed by atoms with Gasteiger partial charge in [-0.1, -0.05) is 0 Å². The summed E-state index contributed by atoms with van der Waals surface area (Å²) in [5.74, 6) is -1.19. The van der Waals surface area contributed by atoms with Gasteiger partial charge in [-0.25, -0.2) is 13.6 Å². The van der Waals surface area contributed by atoms with Crippen molar-refractivity contribution >= 4 is 11.7 Å². The molecule has 1 N–H and O–H groups in total. The quantitative estimate of drug-likeness (QED) is 0.488. The Kier molecular flexibility index (Phi) is 3.51. The molecule has 0 aliphatic rings. The van der Waals surface area contributed by atoms with Crippen LogP contribution in [0.15, 0.2) is 11.0 Å². The van der Waals surface area contributed by atoms with E-state index < -0.39 is 39.7 Å². The second kappa shape index (κ2) is 4.68. The smallest absolute Gasteiger partial charge is 0.343 e. The van der Waals surface area contributed by atoms with E-state index in [1.165, 1.54) is 0 Å². The van der Waals surface area contributed by atoms with Crippen molar-refractivity contribution in [1.29, 1.82) is 0 Å². The Bertz CT molecular complexity index is 525. The molecule has 9 heteroatoms. The summed E-state index contributed by atoms with van der Waals surface area (Å²) in [4.78, 5) is 33.3. The van der Waals surface area contributed by atoms with E-state index in [2.05, 4.69) is 4.74 Å². The first kappa shape index (κ1) is 12.7. The Morgan fingerprint density at radius 2 is 2.18 bits per heavy atom. The Labute approximate surface area is 92.2 Å². The third-order valence-corrected chi connectivity index (χ3v) is 1.91. The predicted molar refractivity (Wildman–Crippen MR) is 50.0 cm³/mol. The number of nitrogens with zero attached hydrogens (tertiary/aromatic N) is 1. The number of rotatable bonds is 3. The summed E-state index contributed by atoms with van der Waals surface area (Å²) in [6.45, 7) is 0. The van der Waals surface area contributed by atoms with Crippen molar-refractivity contribution in [3.8, 4) is 0 Å². The Morgan fingerprint density at radius 1 is 1.59 bits per heavy atom. The van der Waals surface area contributed by atoms with Gasteiger partial charge in [-0.2, -0.15) is 0 Å². The second-order valence-corrected chi connectivity index (χ2v) is 2.84. The number of esters is 1. The molecule has 0 amide bonds. The van der Waals surface area contributed by atoms with Gasteiger partial charge in [0, 0.05) is 6.20 Å². The van der Waals surface area contributed by atoms with E-state index in [1.807, 2.05) is 4.98 Å². The number of alkyl halides is 2. The largest absolute Gasteiger partial charge is 0.465 e. The van der Waals surface area contributed by atoms with E-state index in [4.69, 9.17) is 0 Å². The minimum atomic E-state index is -3.34. The highest BCUT2D eigenvalue weighted by molar-refractivity contribution is 5.91. The first-order valence-corrected chi connectivity index (χ1v) is 4.16. The van der Waals surface area contributed by atoms with E-state index in [1.54, 1.807) is 0 Å². The maximum Gasteiger partial charge on any atom is 0.343 e. The summed E-state index contributed by atoms with van der Waals surface area (Å²) >= 11 is 0. The zero-order chi connectivity index (χ0) is 13.2. The van der Waals surface area contributed by atoms with Crippen LogP contribution in [-0.2, 0) is 4.74 Å². The Balaban J connectivity index is 3.65. The molecule has 0 atom stereocenters. The van der Waals surface area contributed by atoms with Crippen LogP contribution in [-0.4, -0.2) is 23.0 Å². The fourth-order valence-corrected chi connectivity index (χ4v) is 1.21. The molecule has 17 heavy (non-hydrogen) atoms. The molecule has 1 aromatic rings. The fourth-order valence-electron chi connectivity index (χ4n) is 1.21. The minimum absolute atomic E-state index is 0.655. The molecule has 0 radical (unpaired) electrons. The van der Waals surface area contributed by atoms with Crippen molar-refractivity contribution in [2.45, 2.75) is 6.43 Å². The summed E-state index contributed by atoms with van der Waals surface area (Å²) in [5, 5.41) is 10.5. The monoisotopic (exact) mass is 248 g/mol. The number of carbonyl (C=O) groups excluding carboxylic acids is 1. The van der Waals surface area contributed by atoms with Crippen molar-refractivity contribution in [2.75, 3.05) is 7.11 Å². The predicted octanol–water partition coefficient (Wildman–Crippen LogP) is 1.01. The van der Waals surface area contributed by atoms with Crippen LogP contribution in [0.4, 0.5) is 14.5 Å². The number of halogens is 2. The molecular weight excluding hydrogens is 242 g/mol. The topological polar surface area (TPSA) is 102 Å². The fraction of sp³-hybridized carbons (Fsp3) is 0.250. The first-order valence-electron chi connectivity index (χ1n) is 4.16. The van der Waals surface area contributed by atoms with Gasteiger partial charge in [0.15, 0.2) is 0 Å². The molecular formula is C8H6F2N2O5. The van der Waals surface area contributed by atoms with E-state index in [0.29, 0.717) is 6.20 Å². The van der Waals surface area contributed by atoms with E-state index in [0.717, 1.165) is 7.11 Å². The molecule has 7 nitrogen and oxygen atoms in total. The summed E-state index contributed by atoms with van der Waals surface area (Å²) < 4.78 is 29.5. The molecule has 0 bridgehead atoms. The molecule has 0 saturated carbocycles. The van der Waals surface area contributed by atoms with E-state index in [-0.39, 0.29) is 0 Å². The van der Waals surface area contributed by atoms with Gasteiger partial charge < -0.3 is 9.72 Å². The summed E-state index contributed by atoms with van der Waals surface area (Å²) in [7, 11) is 0.925. The number of H-pyrrole nitrogens is 1. The number of aromatic nitrogens is 1. The number of nitrogens with one attached hydrogen (secondary N) is 1. The number of hydrogen-bond donors (Lipinski definition) is 1. The zero-order valence-electron chi connectivity index (χ0n) is 8.40. The van der Waals surface area contributed by atoms with Crippen LogP contribution < -0.4 is 5.56 Å². The highest BCUT2D eigenvalue weighted by Gasteiger charge is 2.32. The molecule has 1 heterocycles. The number of carbonyl (C=O) groups is 1. The first-order chi connectivity index (χ1) is 7.90. The van der Waals surface area contributed by atoms with E-state index in [9.17, 15) is 28.5 Å². The number of nitro groups is 1. The average molecular weight is 248 g/mol. The van der Waals surface area contributed by atoms with Gasteiger partial charge in [0.05, 0.1) is 17.6 Å². The molecule has 92 valence electrons. The molecule has 0 aliphatic carbocycles. The van der Waals surface area contributed by atoms with Crippen LogP contribution in [0.3, 0.4) is 0 Å². The van der Waals surface area contributed by atoms with Crippen molar-refractivity contribution in [1.82, 2.24) is 4.98 Å². The van der Waals surface area contributed by atoms with Crippen LogP contribution in [0.1, 0.15) is 22.3 Å². The zero-order valence-corrected chi connectivity index (χ0v) is 8.40. The normalized spacial score (nSPS) is 10.4. The van der Waals surface area contributed by atoms with Crippen LogP contribution in [0.2, 0.25) is 0 Å². The standard InChI is InChI=1S/C8H6F2N2O5/c1-17-8(14)3-2-11-7(13)5(12(15)16)4(3)6(9)10/h2,6H,1H3,(H,11,13). The number of methoxy groups -OCH3 is 1. The van der Waals surface area contributed by atoms with Gasteiger partial charge in [0.25, 0.3) is 6.43 Å². The van der Waals surface area contributed by atoms with Gasteiger partial charge in [-0.15, -0.1) is 0 Å². The number of hydrogen-bond acceptors (Lipinski definition) is 5. The van der Waals surface area contributed by atoms with Crippen LogP contribution >= 0.6 is 0 Å². The maximum absolute atomic E-state index is 12.7. The van der Waals surface area contributed by atoms with Gasteiger partial charge in [0.1, 0.15) is 5.56 Å². The lowest BCUT2D eigenvalue weighted by Gasteiger charge is -2.06. The molecule has 0 fully saturated rings. The van der Waals surface area contributed by atoms with Gasteiger partial charge in [0.2, 0.25) is 0 Å². The average Bonchev–Trinajstić information content (AvgIpc) is 2.26. The summed E-state index contributed by atoms with van der Waals surface area (Å²) in [6, 6.07) is 0. The van der Waals surface area contributed by atoms with Crippen molar-refractivity contribution in [3.05, 3.63) is 37.8 Å². The third kappa shape index (κ3) is 2.27. The maximum atomic E-state index is 12.7. The number of ether oxygens (including phenoxy) is 1. The van der Waals surface area contributed by atoms with Crippen LogP contribution in [0, 0.1) is 10.1 Å². The van der Waals surface area contributed by atoms with Crippen molar-refractivity contribution in [2.24, 2.45) is 0 Å². The molecule has 1 aromatic heterocycles. The molecule has 0 spiro atoms. The summed E-state index contributed by atoms with van der Waals surface area (Å²) in [6.07, 6.45) is -2.69.